The van der Waals surface area contributed by atoms with E-state index in [4.69, 9.17) is 9.84 Å². The Morgan fingerprint density at radius 3 is 3.06 bits per heavy atom. The molecule has 0 radical (unpaired) electrons. The summed E-state index contributed by atoms with van der Waals surface area (Å²) in [6, 6.07) is 3.38. The molecule has 1 aromatic heterocycles. The second kappa shape index (κ2) is 6.07. The van der Waals surface area contributed by atoms with Crippen LogP contribution in [0.3, 0.4) is 0 Å². The number of carboxylic acid groups (broad SMARTS) is 1. The molecule has 5 heteroatoms. The summed E-state index contributed by atoms with van der Waals surface area (Å²) in [6.07, 6.45) is 1.49. The highest BCUT2D eigenvalue weighted by Crippen LogP contribution is 2.11. The first-order valence-corrected chi connectivity index (χ1v) is 5.19. The molecule has 0 saturated carbocycles. The molecule has 0 aliphatic rings. The summed E-state index contributed by atoms with van der Waals surface area (Å²) in [6.45, 7) is 5.04. The van der Waals surface area contributed by atoms with Gasteiger partial charge in [0.05, 0.1) is 11.8 Å². The van der Waals surface area contributed by atoms with Crippen LogP contribution in [0, 0.1) is 0 Å². The molecule has 2 N–H and O–H groups in total. The van der Waals surface area contributed by atoms with Crippen molar-refractivity contribution in [3.63, 3.8) is 0 Å². The molecule has 0 spiro atoms. The number of carboxylic acids is 1. The van der Waals surface area contributed by atoms with Crippen LogP contribution in [0.1, 0.15) is 24.3 Å². The third-order valence-corrected chi connectivity index (χ3v) is 2.04. The summed E-state index contributed by atoms with van der Waals surface area (Å²) in [5.74, 6) is -1.04. The van der Waals surface area contributed by atoms with Crippen molar-refractivity contribution < 1.29 is 14.6 Å². The first kappa shape index (κ1) is 12.4. The van der Waals surface area contributed by atoms with E-state index in [1.807, 2.05) is 13.8 Å². The first-order valence-electron chi connectivity index (χ1n) is 5.19. The van der Waals surface area contributed by atoms with Crippen LogP contribution < -0.4 is 5.32 Å². The highest BCUT2D eigenvalue weighted by Gasteiger charge is 2.11. The first-order chi connectivity index (χ1) is 7.65. The van der Waals surface area contributed by atoms with Gasteiger partial charge in [-0.15, -0.1) is 0 Å². The maximum atomic E-state index is 10.9. The van der Waals surface area contributed by atoms with Crippen LogP contribution in [0.5, 0.6) is 0 Å². The molecule has 5 nitrogen and oxygen atoms in total. The van der Waals surface area contributed by atoms with Crippen molar-refractivity contribution >= 4 is 11.7 Å². The highest BCUT2D eigenvalue weighted by atomic mass is 16.5. The van der Waals surface area contributed by atoms with Crippen molar-refractivity contribution in [3.05, 3.63) is 24.0 Å². The average Bonchev–Trinajstić information content (AvgIpc) is 2.27. The zero-order valence-electron chi connectivity index (χ0n) is 9.43. The van der Waals surface area contributed by atoms with E-state index in [-0.39, 0.29) is 11.8 Å². The van der Waals surface area contributed by atoms with Gasteiger partial charge in [-0.3, -0.25) is 0 Å². The van der Waals surface area contributed by atoms with E-state index in [9.17, 15) is 4.79 Å². The zero-order chi connectivity index (χ0) is 12.0. The third-order valence-electron chi connectivity index (χ3n) is 2.04. The predicted molar refractivity (Wildman–Crippen MR) is 60.8 cm³/mol. The smallest absolute Gasteiger partial charge is 0.356 e. The zero-order valence-corrected chi connectivity index (χ0v) is 9.43. The SMILES string of the molecule is CCOC(C)CNc1cccnc1C(=O)O. The number of aromatic nitrogens is 1. The van der Waals surface area contributed by atoms with E-state index in [0.29, 0.717) is 18.8 Å². The van der Waals surface area contributed by atoms with E-state index < -0.39 is 5.97 Å². The van der Waals surface area contributed by atoms with Gasteiger partial charge >= 0.3 is 5.97 Å². The predicted octanol–water partition coefficient (Wildman–Crippen LogP) is 1.62. The van der Waals surface area contributed by atoms with Gasteiger partial charge in [-0.2, -0.15) is 0 Å². The lowest BCUT2D eigenvalue weighted by Gasteiger charge is -2.14. The van der Waals surface area contributed by atoms with E-state index in [2.05, 4.69) is 10.3 Å². The van der Waals surface area contributed by atoms with E-state index in [0.717, 1.165) is 0 Å². The lowest BCUT2D eigenvalue weighted by Crippen LogP contribution is -2.21. The Kier molecular flexibility index (Phi) is 4.72. The maximum Gasteiger partial charge on any atom is 0.356 e. The Labute approximate surface area is 94.5 Å². The van der Waals surface area contributed by atoms with Crippen molar-refractivity contribution in [3.8, 4) is 0 Å². The fourth-order valence-corrected chi connectivity index (χ4v) is 1.32. The summed E-state index contributed by atoms with van der Waals surface area (Å²) in [7, 11) is 0. The number of pyridine rings is 1. The third kappa shape index (κ3) is 3.51. The Bertz CT molecular complexity index is 355. The fourth-order valence-electron chi connectivity index (χ4n) is 1.32. The molecule has 1 heterocycles. The Hall–Kier alpha value is -1.62. The fraction of sp³-hybridized carbons (Fsp3) is 0.455. The molecule has 0 aliphatic carbocycles. The summed E-state index contributed by atoms with van der Waals surface area (Å²) in [4.78, 5) is 14.7. The number of hydrogen-bond acceptors (Lipinski definition) is 4. The van der Waals surface area contributed by atoms with Gasteiger partial charge in [0, 0.05) is 19.3 Å². The van der Waals surface area contributed by atoms with Crippen LogP contribution in [0.25, 0.3) is 0 Å². The van der Waals surface area contributed by atoms with Crippen molar-refractivity contribution in [1.29, 1.82) is 0 Å². The minimum atomic E-state index is -1.04. The Balaban J connectivity index is 2.63. The summed E-state index contributed by atoms with van der Waals surface area (Å²) < 4.78 is 5.33. The normalized spacial score (nSPS) is 12.1. The van der Waals surface area contributed by atoms with Crippen LogP contribution in [0.15, 0.2) is 18.3 Å². The van der Waals surface area contributed by atoms with Crippen LogP contribution in [0.2, 0.25) is 0 Å². The molecule has 0 amide bonds. The molecule has 0 saturated heterocycles. The number of hydrogen-bond donors (Lipinski definition) is 2. The van der Waals surface area contributed by atoms with Gasteiger partial charge in [0.1, 0.15) is 0 Å². The second-order valence-corrected chi connectivity index (χ2v) is 3.35. The molecule has 0 aromatic carbocycles. The lowest BCUT2D eigenvalue weighted by molar-refractivity contribution is 0.0690. The molecule has 0 bridgehead atoms. The van der Waals surface area contributed by atoms with Crippen molar-refractivity contribution in [1.82, 2.24) is 4.98 Å². The number of nitrogens with zero attached hydrogens (tertiary/aromatic N) is 1. The van der Waals surface area contributed by atoms with Gasteiger partial charge in [-0.05, 0) is 26.0 Å². The number of nitrogens with one attached hydrogen (secondary N) is 1. The van der Waals surface area contributed by atoms with Crippen molar-refractivity contribution in [2.24, 2.45) is 0 Å². The number of ether oxygens (including phenoxy) is 1. The van der Waals surface area contributed by atoms with Crippen molar-refractivity contribution in [2.45, 2.75) is 20.0 Å². The molecule has 1 rings (SSSR count). The Morgan fingerprint density at radius 2 is 2.44 bits per heavy atom. The molecule has 1 unspecified atom stereocenters. The van der Waals surface area contributed by atoms with Crippen molar-refractivity contribution in [2.75, 3.05) is 18.5 Å². The van der Waals surface area contributed by atoms with Crippen LogP contribution in [0.4, 0.5) is 5.69 Å². The Morgan fingerprint density at radius 1 is 1.69 bits per heavy atom. The van der Waals surface area contributed by atoms with E-state index in [1.165, 1.54) is 6.20 Å². The quantitative estimate of drug-likeness (QED) is 0.768. The molecule has 0 fully saturated rings. The van der Waals surface area contributed by atoms with Crippen LogP contribution >= 0.6 is 0 Å². The maximum absolute atomic E-state index is 10.9. The highest BCUT2D eigenvalue weighted by molar-refractivity contribution is 5.91. The molecule has 88 valence electrons. The monoisotopic (exact) mass is 224 g/mol. The van der Waals surface area contributed by atoms with Gasteiger partial charge in [0.2, 0.25) is 0 Å². The average molecular weight is 224 g/mol. The molecule has 1 aromatic rings. The molecular formula is C11H16N2O3. The number of aromatic carboxylic acids is 1. The molecule has 1 atom stereocenters. The molecular weight excluding hydrogens is 208 g/mol. The molecule has 16 heavy (non-hydrogen) atoms. The lowest BCUT2D eigenvalue weighted by atomic mass is 10.3. The largest absolute Gasteiger partial charge is 0.476 e. The topological polar surface area (TPSA) is 71.5 Å². The molecule has 0 aliphatic heterocycles. The number of rotatable bonds is 6. The van der Waals surface area contributed by atoms with Crippen LogP contribution in [-0.4, -0.2) is 35.3 Å². The summed E-state index contributed by atoms with van der Waals surface area (Å²) in [5, 5.41) is 11.9. The minimum Gasteiger partial charge on any atom is -0.476 e. The number of anilines is 1. The summed E-state index contributed by atoms with van der Waals surface area (Å²) in [5.41, 5.74) is 0.549. The van der Waals surface area contributed by atoms with E-state index >= 15 is 0 Å². The van der Waals surface area contributed by atoms with Gasteiger partial charge in [-0.25, -0.2) is 9.78 Å². The second-order valence-electron chi connectivity index (χ2n) is 3.35. The number of carbonyl (C=O) groups is 1. The minimum absolute atomic E-state index is 0.0335. The van der Waals surface area contributed by atoms with Gasteiger partial charge in [0.15, 0.2) is 5.69 Å². The van der Waals surface area contributed by atoms with Gasteiger partial charge in [0.25, 0.3) is 0 Å². The van der Waals surface area contributed by atoms with Gasteiger partial charge < -0.3 is 15.2 Å². The van der Waals surface area contributed by atoms with Crippen LogP contribution in [-0.2, 0) is 4.74 Å². The van der Waals surface area contributed by atoms with Gasteiger partial charge in [-0.1, -0.05) is 0 Å². The standard InChI is InChI=1S/C11H16N2O3/c1-3-16-8(2)7-13-9-5-4-6-12-10(9)11(14)15/h4-6,8,13H,3,7H2,1-2H3,(H,14,15). The summed E-state index contributed by atoms with van der Waals surface area (Å²) >= 11 is 0. The van der Waals surface area contributed by atoms with E-state index in [1.54, 1.807) is 12.1 Å².